The quantitative estimate of drug-likeness (QED) is 0.415. The monoisotopic (exact) mass is 383 g/mol. The highest BCUT2D eigenvalue weighted by molar-refractivity contribution is 5.89. The number of fused-ring (bicyclic) bond motifs is 1. The molecule has 0 aromatic heterocycles. The molecule has 0 aliphatic heterocycles. The summed E-state index contributed by atoms with van der Waals surface area (Å²) in [5, 5.41) is 5.57. The van der Waals surface area contributed by atoms with Crippen LogP contribution >= 0.6 is 0 Å². The number of aryl methyl sites for hydroxylation is 1. The largest absolute Gasteiger partial charge is 0.496 e. The number of ether oxygens (including phenoxy) is 2. The third kappa shape index (κ3) is 3.90. The smallest absolute Gasteiger partial charge is 0.126 e. The first-order valence-corrected chi connectivity index (χ1v) is 9.76. The Kier molecular flexibility index (Phi) is 5.39. The van der Waals surface area contributed by atoms with Crippen molar-refractivity contribution in [1.29, 1.82) is 0 Å². The summed E-state index contributed by atoms with van der Waals surface area (Å²) in [6, 6.07) is 27.0. The van der Waals surface area contributed by atoms with Crippen molar-refractivity contribution in [2.24, 2.45) is 0 Å². The minimum absolute atomic E-state index is 0.535. The van der Waals surface area contributed by atoms with Crippen LogP contribution < -0.4 is 14.8 Å². The van der Waals surface area contributed by atoms with Gasteiger partial charge in [0.2, 0.25) is 0 Å². The highest BCUT2D eigenvalue weighted by Crippen LogP contribution is 2.33. The van der Waals surface area contributed by atoms with Crippen molar-refractivity contribution in [3.05, 3.63) is 90.0 Å². The van der Waals surface area contributed by atoms with Crippen molar-refractivity contribution in [3.63, 3.8) is 0 Å². The Morgan fingerprint density at radius 3 is 2.45 bits per heavy atom. The third-order valence-electron chi connectivity index (χ3n) is 5.29. The molecule has 0 heterocycles. The van der Waals surface area contributed by atoms with Crippen molar-refractivity contribution >= 4 is 16.5 Å². The fourth-order valence-electron chi connectivity index (χ4n) is 3.65. The molecule has 29 heavy (non-hydrogen) atoms. The Bertz CT molecular complexity index is 1150. The van der Waals surface area contributed by atoms with Crippen LogP contribution in [0.4, 0.5) is 5.69 Å². The van der Waals surface area contributed by atoms with Gasteiger partial charge in [-0.15, -0.1) is 0 Å². The molecule has 146 valence electrons. The maximum atomic E-state index is 6.11. The van der Waals surface area contributed by atoms with Crippen molar-refractivity contribution in [1.82, 2.24) is 0 Å². The molecule has 4 aromatic carbocycles. The number of para-hydroxylation sites is 1. The van der Waals surface area contributed by atoms with Crippen molar-refractivity contribution in [3.8, 4) is 22.6 Å². The number of anilines is 1. The summed E-state index contributed by atoms with van der Waals surface area (Å²) in [6.07, 6.45) is 0. The van der Waals surface area contributed by atoms with E-state index >= 15 is 0 Å². The first-order chi connectivity index (χ1) is 14.2. The van der Waals surface area contributed by atoms with Crippen LogP contribution in [0.15, 0.2) is 78.9 Å². The van der Waals surface area contributed by atoms with Crippen LogP contribution in [0.3, 0.4) is 0 Å². The van der Waals surface area contributed by atoms with E-state index in [2.05, 4.69) is 66.8 Å². The molecule has 4 aromatic rings. The van der Waals surface area contributed by atoms with Crippen LogP contribution in [0, 0.1) is 6.92 Å². The molecule has 0 unspecified atom stereocenters. The Balaban J connectivity index is 1.59. The summed E-state index contributed by atoms with van der Waals surface area (Å²) in [5.41, 5.74) is 5.74. The van der Waals surface area contributed by atoms with Crippen LogP contribution in [0.1, 0.15) is 11.1 Å². The number of hydrogen-bond acceptors (Lipinski definition) is 3. The van der Waals surface area contributed by atoms with E-state index in [1.165, 1.54) is 16.5 Å². The zero-order valence-electron chi connectivity index (χ0n) is 17.0. The van der Waals surface area contributed by atoms with Crippen molar-refractivity contribution in [2.75, 3.05) is 19.5 Å². The van der Waals surface area contributed by atoms with Gasteiger partial charge in [0.25, 0.3) is 0 Å². The van der Waals surface area contributed by atoms with E-state index in [0.29, 0.717) is 6.61 Å². The van der Waals surface area contributed by atoms with Gasteiger partial charge in [-0.25, -0.2) is 0 Å². The zero-order valence-corrected chi connectivity index (χ0v) is 17.0. The average Bonchev–Trinajstić information content (AvgIpc) is 2.77. The van der Waals surface area contributed by atoms with Crippen molar-refractivity contribution in [2.45, 2.75) is 13.5 Å². The summed E-state index contributed by atoms with van der Waals surface area (Å²) < 4.78 is 11.6. The van der Waals surface area contributed by atoms with Crippen LogP contribution in [0.2, 0.25) is 0 Å². The van der Waals surface area contributed by atoms with Crippen LogP contribution in [-0.4, -0.2) is 14.2 Å². The average molecular weight is 383 g/mol. The first kappa shape index (κ1) is 18.9. The molecule has 0 saturated carbocycles. The summed E-state index contributed by atoms with van der Waals surface area (Å²) >= 11 is 0. The molecule has 0 radical (unpaired) electrons. The second-order valence-electron chi connectivity index (χ2n) is 7.06. The SMILES string of the molecule is CNc1cccc(C)c1COc1ccc2cc(-c3ccccc3OC)ccc2c1. The zero-order chi connectivity index (χ0) is 20.2. The van der Waals surface area contributed by atoms with Crippen LogP contribution in [0.25, 0.3) is 21.9 Å². The van der Waals surface area contributed by atoms with E-state index in [1.54, 1.807) is 7.11 Å². The van der Waals surface area contributed by atoms with Gasteiger partial charge in [0.15, 0.2) is 0 Å². The number of nitrogens with one attached hydrogen (secondary N) is 1. The molecule has 4 rings (SSSR count). The van der Waals surface area contributed by atoms with Gasteiger partial charge >= 0.3 is 0 Å². The molecule has 3 heteroatoms. The molecule has 0 saturated heterocycles. The first-order valence-electron chi connectivity index (χ1n) is 9.76. The van der Waals surface area contributed by atoms with E-state index in [1.807, 2.05) is 31.3 Å². The number of hydrogen-bond donors (Lipinski definition) is 1. The molecule has 0 fully saturated rings. The lowest BCUT2D eigenvalue weighted by Gasteiger charge is -2.14. The Morgan fingerprint density at radius 1 is 0.828 bits per heavy atom. The number of benzene rings is 4. The van der Waals surface area contributed by atoms with E-state index in [4.69, 9.17) is 9.47 Å². The molecular weight excluding hydrogens is 358 g/mol. The molecule has 0 amide bonds. The van der Waals surface area contributed by atoms with Gasteiger partial charge in [0, 0.05) is 23.9 Å². The molecule has 0 aliphatic rings. The van der Waals surface area contributed by atoms with E-state index in [-0.39, 0.29) is 0 Å². The maximum absolute atomic E-state index is 6.11. The highest BCUT2D eigenvalue weighted by Gasteiger charge is 2.08. The van der Waals surface area contributed by atoms with E-state index in [0.717, 1.165) is 33.7 Å². The molecule has 3 nitrogen and oxygen atoms in total. The fraction of sp³-hybridized carbons (Fsp3) is 0.154. The van der Waals surface area contributed by atoms with E-state index in [9.17, 15) is 0 Å². The fourth-order valence-corrected chi connectivity index (χ4v) is 3.65. The molecule has 0 atom stereocenters. The predicted octanol–water partition coefficient (Wildman–Crippen LogP) is 6.44. The van der Waals surface area contributed by atoms with Crippen LogP contribution in [-0.2, 0) is 6.61 Å². The standard InChI is InChI=1S/C26H25NO2/c1-18-7-6-9-25(27-2)24(18)17-29-22-14-13-19-15-21(12-11-20(19)16-22)23-8-4-5-10-26(23)28-3/h4-16,27H,17H2,1-3H3. The third-order valence-corrected chi connectivity index (χ3v) is 5.29. The molecule has 0 aliphatic carbocycles. The van der Waals surface area contributed by atoms with Gasteiger partial charge in [-0.05, 0) is 59.2 Å². The Hall–Kier alpha value is -3.46. The second kappa shape index (κ2) is 8.27. The topological polar surface area (TPSA) is 30.5 Å². The van der Waals surface area contributed by atoms with Gasteiger partial charge in [0.05, 0.1) is 7.11 Å². The van der Waals surface area contributed by atoms with Crippen LogP contribution in [0.5, 0.6) is 11.5 Å². The normalized spacial score (nSPS) is 10.7. The van der Waals surface area contributed by atoms with Gasteiger partial charge in [-0.1, -0.05) is 48.5 Å². The van der Waals surface area contributed by atoms with Gasteiger partial charge in [-0.3, -0.25) is 0 Å². The predicted molar refractivity (Wildman–Crippen MR) is 121 cm³/mol. The minimum atomic E-state index is 0.535. The molecular formula is C26H25NO2. The summed E-state index contributed by atoms with van der Waals surface area (Å²) in [7, 11) is 3.64. The number of methoxy groups -OCH3 is 1. The van der Waals surface area contributed by atoms with E-state index < -0.39 is 0 Å². The number of rotatable bonds is 6. The molecule has 0 spiro atoms. The summed E-state index contributed by atoms with van der Waals surface area (Å²) in [4.78, 5) is 0. The summed E-state index contributed by atoms with van der Waals surface area (Å²) in [6.45, 7) is 2.65. The van der Waals surface area contributed by atoms with Gasteiger partial charge in [-0.2, -0.15) is 0 Å². The summed E-state index contributed by atoms with van der Waals surface area (Å²) in [5.74, 6) is 1.75. The van der Waals surface area contributed by atoms with Gasteiger partial charge in [0.1, 0.15) is 18.1 Å². The lowest BCUT2D eigenvalue weighted by molar-refractivity contribution is 0.306. The van der Waals surface area contributed by atoms with Gasteiger partial charge < -0.3 is 14.8 Å². The Morgan fingerprint density at radius 2 is 1.62 bits per heavy atom. The highest BCUT2D eigenvalue weighted by atomic mass is 16.5. The minimum Gasteiger partial charge on any atom is -0.496 e. The van der Waals surface area contributed by atoms with Crippen molar-refractivity contribution < 1.29 is 9.47 Å². The Labute approximate surface area is 171 Å². The lowest BCUT2D eigenvalue weighted by atomic mass is 10.0. The maximum Gasteiger partial charge on any atom is 0.126 e. The second-order valence-corrected chi connectivity index (χ2v) is 7.06. The molecule has 1 N–H and O–H groups in total. The molecule has 0 bridgehead atoms. The lowest BCUT2D eigenvalue weighted by Crippen LogP contribution is -2.03.